The molecule has 4 aliphatic carbocycles. The largest absolute Gasteiger partial charge is 1.00 e. The maximum atomic E-state index is 12.4. The number of hydrogen-bond acceptors (Lipinski definition) is 3. The van der Waals surface area contributed by atoms with Crippen LogP contribution in [-0.2, 0) is 14.3 Å². The van der Waals surface area contributed by atoms with Gasteiger partial charge in [-0.3, -0.25) is 9.28 Å². The Labute approximate surface area is 283 Å². The van der Waals surface area contributed by atoms with Crippen molar-refractivity contribution in [3.63, 3.8) is 0 Å². The number of para-hydroxylation sites is 1. The minimum Gasteiger partial charge on any atom is -1.00 e. The molecule has 0 N–H and O–H groups in total. The minimum atomic E-state index is -0.0954. The Kier molecular flexibility index (Phi) is 10.3. The smallest absolute Gasteiger partial charge is 0.303 e. The molecule has 232 valence electrons. The van der Waals surface area contributed by atoms with Crippen LogP contribution in [0.15, 0.2) is 30.3 Å². The molecule has 7 heteroatoms. The first kappa shape index (κ1) is 33.9. The predicted octanol–water partition coefficient (Wildman–Crippen LogP) is 0.0598. The molecule has 4 saturated carbocycles. The average molecular weight is 793 g/mol. The Balaban J connectivity index is 0.00000194. The molecule has 0 radical (unpaired) electrons. The van der Waals surface area contributed by atoms with E-state index in [-0.39, 0.29) is 65.4 Å². The zero-order valence-electron chi connectivity index (χ0n) is 26.3. The first-order valence-electron chi connectivity index (χ1n) is 16.0. The summed E-state index contributed by atoms with van der Waals surface area (Å²) >= 11 is 0. The number of nitrogens with zero attached hydrogens (tertiary/aromatic N) is 2. The van der Waals surface area contributed by atoms with Crippen molar-refractivity contribution in [3.05, 3.63) is 30.3 Å². The van der Waals surface area contributed by atoms with E-state index in [1.165, 1.54) is 57.1 Å². The molecule has 1 aliphatic heterocycles. The maximum Gasteiger partial charge on any atom is 0.303 e. The SMILES string of the molecule is CC(=O)O[C@H]1[C@@H]([N+]2(C)CCOCC2)C[C@H]2[C@@H]3CC[C@H]4C[C@@H]([N+](C)(C)c5ccccc5)CC[C@]4(C)[C@H]3CC[C@@]21C.[I-].[I-]. The zero-order valence-corrected chi connectivity index (χ0v) is 30.6. The van der Waals surface area contributed by atoms with Crippen molar-refractivity contribution < 1.29 is 66.7 Å². The van der Waals surface area contributed by atoms with Gasteiger partial charge in [-0.15, -0.1) is 0 Å². The summed E-state index contributed by atoms with van der Waals surface area (Å²) in [7, 11) is 7.28. The standard InChI is InChI=1S/C34H54N2O3.2HI/c1-24(37)39-32-31(36(6)18-20-38-21-19-36)23-30-28-13-12-25-22-27(35(4,5)26-10-8-7-9-11-26)14-16-33(25,2)29(28)15-17-34(30,32)3;;/h7-11,25,27-32H,12-23H2,1-6H3;2*1H/q+2;;/p-2/t25-,27-,28+,29-,30-,31-,32-,33-,34-;;/m0../s1. The van der Waals surface area contributed by atoms with Gasteiger partial charge in [0, 0.05) is 31.6 Å². The lowest BCUT2D eigenvalue weighted by Crippen LogP contribution is -3.00. The van der Waals surface area contributed by atoms with Crippen LogP contribution in [0.1, 0.15) is 72.1 Å². The highest BCUT2D eigenvalue weighted by Crippen LogP contribution is 2.67. The third-order valence-electron chi connectivity index (χ3n) is 13.5. The first-order valence-corrected chi connectivity index (χ1v) is 16.0. The Morgan fingerprint density at radius 1 is 0.927 bits per heavy atom. The highest BCUT2D eigenvalue weighted by atomic mass is 127. The zero-order chi connectivity index (χ0) is 27.6. The van der Waals surface area contributed by atoms with Crippen LogP contribution in [0.4, 0.5) is 5.69 Å². The molecule has 1 aromatic carbocycles. The molecule has 1 aromatic rings. The highest BCUT2D eigenvalue weighted by Gasteiger charge is 2.67. The Bertz CT molecular complexity index is 1060. The first-order chi connectivity index (χ1) is 18.5. The Morgan fingerprint density at radius 2 is 1.59 bits per heavy atom. The van der Waals surface area contributed by atoms with Crippen LogP contribution >= 0.6 is 0 Å². The van der Waals surface area contributed by atoms with Crippen molar-refractivity contribution in [2.24, 2.45) is 34.5 Å². The quantitative estimate of drug-likeness (QED) is 0.246. The van der Waals surface area contributed by atoms with Crippen LogP contribution in [0.3, 0.4) is 0 Å². The van der Waals surface area contributed by atoms with Crippen molar-refractivity contribution in [3.8, 4) is 0 Å². The summed E-state index contributed by atoms with van der Waals surface area (Å²) in [6.07, 6.45) is 10.6. The molecule has 0 spiro atoms. The van der Waals surface area contributed by atoms with Gasteiger partial charge in [0.2, 0.25) is 0 Å². The lowest BCUT2D eigenvalue weighted by molar-refractivity contribution is -0.942. The van der Waals surface area contributed by atoms with Gasteiger partial charge >= 0.3 is 5.97 Å². The van der Waals surface area contributed by atoms with Gasteiger partial charge in [0.1, 0.15) is 24.8 Å². The number of quaternary nitrogens is 2. The number of rotatable bonds is 4. The van der Waals surface area contributed by atoms with Crippen molar-refractivity contribution in [1.82, 2.24) is 4.48 Å². The Hall–Kier alpha value is 0.0300. The summed E-state index contributed by atoms with van der Waals surface area (Å²) in [6.45, 7) is 10.5. The van der Waals surface area contributed by atoms with E-state index in [4.69, 9.17) is 9.47 Å². The number of carbonyl (C=O) groups excluding carboxylic acids is 1. The lowest BCUT2D eigenvalue weighted by Gasteiger charge is -2.61. The molecule has 1 saturated heterocycles. The maximum absolute atomic E-state index is 12.4. The summed E-state index contributed by atoms with van der Waals surface area (Å²) in [5.41, 5.74) is 1.99. The normalized spacial score (nSPS) is 41.5. The van der Waals surface area contributed by atoms with Crippen molar-refractivity contribution in [1.29, 1.82) is 0 Å². The van der Waals surface area contributed by atoms with Crippen LogP contribution in [0.2, 0.25) is 0 Å². The van der Waals surface area contributed by atoms with Crippen molar-refractivity contribution in [2.75, 3.05) is 47.4 Å². The molecule has 5 fully saturated rings. The Morgan fingerprint density at radius 3 is 2.24 bits per heavy atom. The fourth-order valence-electron chi connectivity index (χ4n) is 10.9. The molecular weight excluding hydrogens is 738 g/mol. The van der Waals surface area contributed by atoms with E-state index >= 15 is 0 Å². The molecule has 5 nitrogen and oxygen atoms in total. The molecule has 9 atom stereocenters. The molecule has 0 amide bonds. The van der Waals surface area contributed by atoms with Gasteiger partial charge < -0.3 is 61.9 Å². The molecule has 0 aromatic heterocycles. The third kappa shape index (κ3) is 5.67. The second kappa shape index (κ2) is 12.4. The number of ether oxygens (including phenoxy) is 2. The van der Waals surface area contributed by atoms with Crippen molar-refractivity contribution >= 4 is 11.7 Å². The summed E-state index contributed by atoms with van der Waals surface area (Å²) in [6, 6.07) is 12.3. The van der Waals surface area contributed by atoms with Gasteiger partial charge in [-0.05, 0) is 73.3 Å². The van der Waals surface area contributed by atoms with Gasteiger partial charge in [0.05, 0.1) is 40.4 Å². The highest BCUT2D eigenvalue weighted by molar-refractivity contribution is 5.66. The number of esters is 1. The van der Waals surface area contributed by atoms with Gasteiger partial charge in [-0.2, -0.15) is 0 Å². The molecule has 0 bridgehead atoms. The number of halogens is 2. The van der Waals surface area contributed by atoms with Crippen LogP contribution in [0.5, 0.6) is 0 Å². The van der Waals surface area contributed by atoms with Gasteiger partial charge in [-0.25, -0.2) is 0 Å². The van der Waals surface area contributed by atoms with E-state index in [2.05, 4.69) is 65.3 Å². The summed E-state index contributed by atoms with van der Waals surface area (Å²) < 4.78 is 14.1. The molecule has 0 unspecified atom stereocenters. The summed E-state index contributed by atoms with van der Waals surface area (Å²) in [4.78, 5) is 12.4. The fourth-order valence-corrected chi connectivity index (χ4v) is 10.9. The van der Waals surface area contributed by atoms with E-state index < -0.39 is 0 Å². The average Bonchev–Trinajstić information content (AvgIpc) is 3.21. The van der Waals surface area contributed by atoms with E-state index in [0.29, 0.717) is 23.4 Å². The molecular formula is C34H54I2N2O3. The fraction of sp³-hybridized carbons (Fsp3) is 0.794. The number of benzene rings is 1. The monoisotopic (exact) mass is 792 g/mol. The number of hydrogen-bond donors (Lipinski definition) is 0. The van der Waals surface area contributed by atoms with Crippen molar-refractivity contribution in [2.45, 2.75) is 90.3 Å². The number of morpholine rings is 1. The molecule has 5 aliphatic rings. The number of carbonyl (C=O) groups is 1. The van der Waals surface area contributed by atoms with Gasteiger partial charge in [-0.1, -0.05) is 32.0 Å². The lowest BCUT2D eigenvalue weighted by atomic mass is 9.45. The van der Waals surface area contributed by atoms with Crippen LogP contribution < -0.4 is 52.4 Å². The van der Waals surface area contributed by atoms with Crippen LogP contribution in [0.25, 0.3) is 0 Å². The predicted molar refractivity (Wildman–Crippen MR) is 157 cm³/mol. The molecule has 1 heterocycles. The minimum absolute atomic E-state index is 0. The summed E-state index contributed by atoms with van der Waals surface area (Å²) in [5, 5.41) is 0. The van der Waals surface area contributed by atoms with E-state index in [0.717, 1.165) is 53.0 Å². The van der Waals surface area contributed by atoms with Gasteiger partial charge in [0.25, 0.3) is 0 Å². The van der Waals surface area contributed by atoms with E-state index in [1.54, 1.807) is 6.92 Å². The summed E-state index contributed by atoms with van der Waals surface area (Å²) in [5.74, 6) is 2.98. The number of likely N-dealkylation sites (N-methyl/N-ethyl adjacent to an activating group) is 1. The second-order valence-corrected chi connectivity index (χ2v) is 15.4. The van der Waals surface area contributed by atoms with Gasteiger partial charge in [0.15, 0.2) is 6.10 Å². The molecule has 41 heavy (non-hydrogen) atoms. The van der Waals surface area contributed by atoms with E-state index in [9.17, 15) is 4.79 Å². The van der Waals surface area contributed by atoms with Crippen LogP contribution in [0, 0.1) is 34.5 Å². The van der Waals surface area contributed by atoms with E-state index in [1.807, 2.05) is 0 Å². The second-order valence-electron chi connectivity index (χ2n) is 15.4. The third-order valence-corrected chi connectivity index (χ3v) is 13.5. The number of fused-ring (bicyclic) bond motifs is 5. The van der Waals surface area contributed by atoms with Crippen LogP contribution in [-0.4, -0.2) is 76.1 Å². The topological polar surface area (TPSA) is 35.5 Å². The molecule has 6 rings (SSSR count).